The monoisotopic (exact) mass is 412 g/mol. The summed E-state index contributed by atoms with van der Waals surface area (Å²) in [4.78, 5) is 9.02. The van der Waals surface area contributed by atoms with Crippen LogP contribution in [0.4, 0.5) is 5.69 Å². The number of hydrogen-bond donors (Lipinski definition) is 1. The van der Waals surface area contributed by atoms with Gasteiger partial charge in [-0.15, -0.1) is 11.3 Å². The molecule has 0 aliphatic carbocycles. The predicted molar refractivity (Wildman–Crippen MR) is 113 cm³/mol. The highest BCUT2D eigenvalue weighted by molar-refractivity contribution is 7.91. The maximum absolute atomic E-state index is 12.3. The molecular formula is C20H20N4O2S2. The van der Waals surface area contributed by atoms with E-state index in [0.717, 1.165) is 32.7 Å². The maximum Gasteiger partial charge on any atom is 0.178 e. The number of aromatic nitrogens is 3. The van der Waals surface area contributed by atoms with Crippen molar-refractivity contribution in [3.8, 4) is 11.3 Å². The third kappa shape index (κ3) is 3.65. The van der Waals surface area contributed by atoms with Gasteiger partial charge in [-0.3, -0.25) is 0 Å². The summed E-state index contributed by atoms with van der Waals surface area (Å²) in [5, 5.41) is 3.43. The van der Waals surface area contributed by atoms with Crippen molar-refractivity contribution in [2.45, 2.75) is 18.4 Å². The minimum atomic E-state index is -3.29. The Morgan fingerprint density at radius 1 is 1.14 bits per heavy atom. The second-order valence-corrected chi connectivity index (χ2v) is 9.71. The normalized spacial score (nSPS) is 11.8. The molecule has 2 aromatic carbocycles. The number of nitrogens with zero attached hydrogens (tertiary/aromatic N) is 3. The van der Waals surface area contributed by atoms with Crippen LogP contribution in [0.15, 0.2) is 59.3 Å². The van der Waals surface area contributed by atoms with E-state index in [4.69, 9.17) is 0 Å². The number of rotatable bonds is 6. The number of benzene rings is 2. The highest BCUT2D eigenvalue weighted by Gasteiger charge is 2.16. The van der Waals surface area contributed by atoms with E-state index in [0.29, 0.717) is 11.4 Å². The van der Waals surface area contributed by atoms with Gasteiger partial charge in [0.2, 0.25) is 0 Å². The lowest BCUT2D eigenvalue weighted by molar-refractivity contribution is 0.597. The summed E-state index contributed by atoms with van der Waals surface area (Å²) in [5.41, 5.74) is 6.32. The van der Waals surface area contributed by atoms with Crippen LogP contribution in [0.1, 0.15) is 12.5 Å². The molecule has 0 radical (unpaired) electrons. The van der Waals surface area contributed by atoms with Gasteiger partial charge in [0.05, 0.1) is 38.4 Å². The molecule has 4 rings (SSSR count). The van der Waals surface area contributed by atoms with Crippen molar-refractivity contribution in [3.63, 3.8) is 0 Å². The summed E-state index contributed by atoms with van der Waals surface area (Å²) in [6, 6.07) is 11.4. The number of fused-ring (bicyclic) bond motifs is 1. The van der Waals surface area contributed by atoms with Gasteiger partial charge in [-0.1, -0.05) is 13.0 Å². The zero-order valence-corrected chi connectivity index (χ0v) is 17.2. The smallest absolute Gasteiger partial charge is 0.178 e. The fourth-order valence-electron chi connectivity index (χ4n) is 3.01. The topological polar surface area (TPSA) is 76.9 Å². The van der Waals surface area contributed by atoms with Gasteiger partial charge in [0, 0.05) is 31.0 Å². The number of thiazole rings is 1. The molecule has 2 aromatic heterocycles. The number of anilines is 1. The minimum absolute atomic E-state index is 0.0658. The van der Waals surface area contributed by atoms with Gasteiger partial charge in [-0.05, 0) is 35.9 Å². The molecule has 0 unspecified atom stereocenters. The summed E-state index contributed by atoms with van der Waals surface area (Å²) < 4.78 is 27.6. The van der Waals surface area contributed by atoms with Crippen molar-refractivity contribution < 1.29 is 8.42 Å². The van der Waals surface area contributed by atoms with Gasteiger partial charge in [0.25, 0.3) is 0 Å². The molecule has 0 saturated carbocycles. The summed E-state index contributed by atoms with van der Waals surface area (Å²) in [6.45, 7) is 2.27. The second kappa shape index (κ2) is 7.37. The number of nitrogens with one attached hydrogen (secondary N) is 1. The molecule has 0 bridgehead atoms. The SMILES string of the molecule is CCS(=O)(=O)c1ccc(NCc2ccc3ncsc3c2)c(-c2cn(C)cn2)c1. The van der Waals surface area contributed by atoms with Crippen molar-refractivity contribution in [3.05, 3.63) is 60.0 Å². The van der Waals surface area contributed by atoms with Crippen molar-refractivity contribution in [1.82, 2.24) is 14.5 Å². The van der Waals surface area contributed by atoms with E-state index in [1.807, 2.05) is 41.5 Å². The van der Waals surface area contributed by atoms with Crippen LogP contribution in [0.3, 0.4) is 0 Å². The first kappa shape index (κ1) is 18.6. The molecule has 2 heterocycles. The zero-order chi connectivity index (χ0) is 19.7. The van der Waals surface area contributed by atoms with Crippen molar-refractivity contribution in [2.24, 2.45) is 7.05 Å². The quantitative estimate of drug-likeness (QED) is 0.516. The van der Waals surface area contributed by atoms with Crippen molar-refractivity contribution in [1.29, 1.82) is 0 Å². The Hall–Kier alpha value is -2.71. The second-order valence-electron chi connectivity index (χ2n) is 6.54. The Bertz CT molecular complexity index is 1240. The fraction of sp³-hybridized carbons (Fsp3) is 0.200. The Morgan fingerprint density at radius 2 is 2.00 bits per heavy atom. The lowest BCUT2D eigenvalue weighted by Crippen LogP contribution is -2.06. The molecule has 0 saturated heterocycles. The van der Waals surface area contributed by atoms with Gasteiger partial charge >= 0.3 is 0 Å². The van der Waals surface area contributed by atoms with Gasteiger partial charge in [0.1, 0.15) is 0 Å². The van der Waals surface area contributed by atoms with Crippen LogP contribution in [-0.4, -0.2) is 28.7 Å². The molecule has 144 valence electrons. The Morgan fingerprint density at radius 3 is 2.75 bits per heavy atom. The van der Waals surface area contributed by atoms with Gasteiger partial charge in [-0.2, -0.15) is 0 Å². The molecule has 0 aliphatic rings. The summed E-state index contributed by atoms with van der Waals surface area (Å²) in [7, 11) is -1.40. The van der Waals surface area contributed by atoms with Crippen LogP contribution >= 0.6 is 11.3 Å². The van der Waals surface area contributed by atoms with Crippen LogP contribution in [0.2, 0.25) is 0 Å². The van der Waals surface area contributed by atoms with Crippen LogP contribution in [0.25, 0.3) is 21.5 Å². The first-order valence-corrected chi connectivity index (χ1v) is 11.4. The predicted octanol–water partition coefficient (Wildman–Crippen LogP) is 4.10. The van der Waals surface area contributed by atoms with Gasteiger partial charge < -0.3 is 9.88 Å². The molecule has 0 aliphatic heterocycles. The number of aryl methyl sites for hydroxylation is 1. The molecule has 0 spiro atoms. The molecular weight excluding hydrogens is 392 g/mol. The van der Waals surface area contributed by atoms with E-state index in [2.05, 4.69) is 21.4 Å². The van der Waals surface area contributed by atoms with Crippen LogP contribution < -0.4 is 5.32 Å². The highest BCUT2D eigenvalue weighted by Crippen LogP contribution is 2.30. The van der Waals surface area contributed by atoms with E-state index in [1.165, 1.54) is 0 Å². The molecule has 0 fully saturated rings. The highest BCUT2D eigenvalue weighted by atomic mass is 32.2. The van der Waals surface area contributed by atoms with Crippen LogP contribution in [0.5, 0.6) is 0 Å². The molecule has 0 amide bonds. The number of imidazole rings is 1. The molecule has 1 N–H and O–H groups in total. The first-order chi connectivity index (χ1) is 13.5. The van der Waals surface area contributed by atoms with Crippen molar-refractivity contribution in [2.75, 3.05) is 11.1 Å². The van der Waals surface area contributed by atoms with Crippen molar-refractivity contribution >= 4 is 37.1 Å². The number of hydrogen-bond acceptors (Lipinski definition) is 6. The minimum Gasteiger partial charge on any atom is -0.380 e. The Labute approximate surface area is 167 Å². The first-order valence-electron chi connectivity index (χ1n) is 8.87. The van der Waals surface area contributed by atoms with E-state index in [1.54, 1.807) is 36.7 Å². The lowest BCUT2D eigenvalue weighted by Gasteiger charge is -2.13. The van der Waals surface area contributed by atoms with E-state index in [9.17, 15) is 8.42 Å². The largest absolute Gasteiger partial charge is 0.380 e. The molecule has 28 heavy (non-hydrogen) atoms. The van der Waals surface area contributed by atoms with Crippen LogP contribution in [-0.2, 0) is 23.4 Å². The number of sulfone groups is 1. The fourth-order valence-corrected chi connectivity index (χ4v) is 4.66. The zero-order valence-electron chi connectivity index (χ0n) is 15.6. The molecule has 4 aromatic rings. The van der Waals surface area contributed by atoms with E-state index < -0.39 is 9.84 Å². The van der Waals surface area contributed by atoms with Gasteiger partial charge in [0.15, 0.2) is 9.84 Å². The average molecular weight is 413 g/mol. The summed E-state index contributed by atoms with van der Waals surface area (Å²) in [5.74, 6) is 0.0658. The third-order valence-electron chi connectivity index (χ3n) is 4.59. The lowest BCUT2D eigenvalue weighted by atomic mass is 10.1. The molecule has 8 heteroatoms. The average Bonchev–Trinajstić information content (AvgIpc) is 3.34. The van der Waals surface area contributed by atoms with Gasteiger partial charge in [-0.25, -0.2) is 18.4 Å². The van der Waals surface area contributed by atoms with Crippen LogP contribution in [0, 0.1) is 0 Å². The van der Waals surface area contributed by atoms with E-state index in [-0.39, 0.29) is 5.75 Å². The summed E-state index contributed by atoms with van der Waals surface area (Å²) in [6.07, 6.45) is 3.59. The standard InChI is InChI=1S/C20H20N4O2S2/c1-3-28(25,26)15-5-7-17(16(9-15)19-11-24(2)12-22-19)21-10-14-4-6-18-20(8-14)27-13-23-18/h4-9,11-13,21H,3,10H2,1-2H3. The molecule has 0 atom stereocenters. The summed E-state index contributed by atoms with van der Waals surface area (Å²) >= 11 is 1.61. The Balaban J connectivity index is 1.68. The third-order valence-corrected chi connectivity index (χ3v) is 7.11. The maximum atomic E-state index is 12.3. The molecule has 6 nitrogen and oxygen atoms in total. The Kier molecular flexibility index (Phi) is 4.91. The van der Waals surface area contributed by atoms with E-state index >= 15 is 0 Å².